The van der Waals surface area contributed by atoms with Gasteiger partial charge in [0, 0.05) is 28.0 Å². The third-order valence-electron chi connectivity index (χ3n) is 4.61. The molecule has 0 saturated heterocycles. The Labute approximate surface area is 147 Å². The van der Waals surface area contributed by atoms with Crippen molar-refractivity contribution in [2.24, 2.45) is 0 Å². The number of benzene rings is 2. The Balaban J connectivity index is 1.84. The van der Waals surface area contributed by atoms with Gasteiger partial charge in [-0.05, 0) is 48.4 Å². The molecule has 0 spiro atoms. The maximum atomic E-state index is 12.8. The Bertz CT molecular complexity index is 1000. The summed E-state index contributed by atoms with van der Waals surface area (Å²) in [5, 5.41) is 9.12. The Hall–Kier alpha value is -2.40. The Kier molecular flexibility index (Phi) is 3.58. The van der Waals surface area contributed by atoms with Crippen molar-refractivity contribution in [1.82, 2.24) is 0 Å². The fourth-order valence-electron chi connectivity index (χ4n) is 3.39. The minimum Gasteiger partial charge on any atom is -0.374 e. The first-order valence-electron chi connectivity index (χ1n) is 7.76. The lowest BCUT2D eigenvalue weighted by molar-refractivity contribution is -0.137. The average molecular weight is 363 g/mol. The number of fused-ring (bicyclic) bond motifs is 3. The van der Waals surface area contributed by atoms with E-state index in [1.165, 1.54) is 12.1 Å². The molecule has 1 unspecified atom stereocenters. The monoisotopic (exact) mass is 362 g/mol. The van der Waals surface area contributed by atoms with Crippen LogP contribution < -0.4 is 21.1 Å². The smallest absolute Gasteiger partial charge is 0.374 e. The van der Waals surface area contributed by atoms with Gasteiger partial charge in [-0.15, -0.1) is 0 Å². The van der Waals surface area contributed by atoms with E-state index in [0.717, 1.165) is 45.1 Å². The molecule has 0 radical (unpaired) electrons. The lowest BCUT2D eigenvalue weighted by Gasteiger charge is -2.16. The van der Waals surface area contributed by atoms with Gasteiger partial charge in [0.25, 0.3) is 0 Å². The van der Waals surface area contributed by atoms with Crippen molar-refractivity contribution < 1.29 is 13.2 Å². The van der Waals surface area contributed by atoms with Gasteiger partial charge in [0.1, 0.15) is 0 Å². The Morgan fingerprint density at radius 2 is 1.64 bits per heavy atom. The maximum absolute atomic E-state index is 12.8. The predicted octanol–water partition coefficient (Wildman–Crippen LogP) is 4.33. The molecule has 2 aromatic rings. The Morgan fingerprint density at radius 1 is 0.960 bits per heavy atom. The van der Waals surface area contributed by atoms with Crippen LogP contribution in [0.25, 0.3) is 10.6 Å². The van der Waals surface area contributed by atoms with Gasteiger partial charge in [0.05, 0.1) is 16.6 Å². The number of rotatable bonds is 1. The molecule has 0 aromatic heterocycles. The van der Waals surface area contributed by atoms with Crippen molar-refractivity contribution in [3.05, 3.63) is 70.2 Å². The molecule has 2 aliphatic rings. The van der Waals surface area contributed by atoms with Crippen LogP contribution in [0.5, 0.6) is 0 Å². The molecule has 2 aromatic carbocycles. The molecule has 128 valence electrons. The van der Waals surface area contributed by atoms with Gasteiger partial charge in [0.15, 0.2) is 0 Å². The second-order valence-electron chi connectivity index (χ2n) is 6.12. The van der Waals surface area contributed by atoms with E-state index >= 15 is 0 Å². The second kappa shape index (κ2) is 5.56. The van der Waals surface area contributed by atoms with Gasteiger partial charge in [-0.1, -0.05) is 23.7 Å². The molecule has 0 amide bonds. The number of hydrogen-bond donors (Lipinski definition) is 2. The van der Waals surface area contributed by atoms with Gasteiger partial charge in [-0.3, -0.25) is 0 Å². The zero-order valence-electron chi connectivity index (χ0n) is 13.2. The summed E-state index contributed by atoms with van der Waals surface area (Å²) in [7, 11) is 0. The van der Waals surface area contributed by atoms with Gasteiger partial charge < -0.3 is 10.6 Å². The first-order chi connectivity index (χ1) is 11.9. The van der Waals surface area contributed by atoms with Crippen molar-refractivity contribution in [3.8, 4) is 0 Å². The number of hydrogen-bond acceptors (Lipinski definition) is 2. The summed E-state index contributed by atoms with van der Waals surface area (Å²) in [4.78, 5) is 0. The van der Waals surface area contributed by atoms with E-state index in [-0.39, 0.29) is 6.04 Å². The molecule has 0 aliphatic carbocycles. The largest absolute Gasteiger partial charge is 0.416 e. The van der Waals surface area contributed by atoms with Gasteiger partial charge >= 0.3 is 6.18 Å². The maximum Gasteiger partial charge on any atom is 0.416 e. The summed E-state index contributed by atoms with van der Waals surface area (Å²) in [6, 6.07) is 8.99. The summed E-state index contributed by atoms with van der Waals surface area (Å²) in [6.45, 7) is 1.98. The first-order valence-corrected chi connectivity index (χ1v) is 8.14. The topological polar surface area (TPSA) is 24.1 Å². The molecule has 1 atom stereocenters. The van der Waals surface area contributed by atoms with E-state index in [2.05, 4.69) is 10.6 Å². The van der Waals surface area contributed by atoms with Crippen LogP contribution in [0.15, 0.2) is 48.7 Å². The number of nitrogens with one attached hydrogen (secondary N) is 2. The molecule has 2 aliphatic heterocycles. The number of halogens is 4. The van der Waals surface area contributed by atoms with E-state index in [4.69, 9.17) is 11.6 Å². The van der Waals surface area contributed by atoms with E-state index < -0.39 is 11.7 Å². The van der Waals surface area contributed by atoms with Gasteiger partial charge in [-0.2, -0.15) is 13.2 Å². The molecule has 2 N–H and O–H groups in total. The molecule has 2 nitrogen and oxygen atoms in total. The summed E-state index contributed by atoms with van der Waals surface area (Å²) >= 11 is 6.38. The molecule has 2 heterocycles. The van der Waals surface area contributed by atoms with Crippen LogP contribution in [0.1, 0.15) is 24.1 Å². The Morgan fingerprint density at radius 3 is 2.32 bits per heavy atom. The van der Waals surface area contributed by atoms with Crippen LogP contribution in [0.4, 0.5) is 24.5 Å². The van der Waals surface area contributed by atoms with E-state index in [0.29, 0.717) is 5.03 Å². The number of anilines is 2. The zero-order chi connectivity index (χ0) is 17.8. The summed E-state index contributed by atoms with van der Waals surface area (Å²) < 4.78 is 38.3. The summed E-state index contributed by atoms with van der Waals surface area (Å²) in [6.07, 6.45) is -0.756. The molecule has 4 rings (SSSR count). The minimum absolute atomic E-state index is 0.181. The van der Waals surface area contributed by atoms with E-state index in [1.54, 1.807) is 12.3 Å². The highest BCUT2D eigenvalue weighted by atomic mass is 35.5. The average Bonchev–Trinajstić information content (AvgIpc) is 2.91. The highest BCUT2D eigenvalue weighted by Crippen LogP contribution is 2.34. The van der Waals surface area contributed by atoms with Crippen LogP contribution in [-0.2, 0) is 6.18 Å². The van der Waals surface area contributed by atoms with E-state index in [9.17, 15) is 13.2 Å². The van der Waals surface area contributed by atoms with Crippen molar-refractivity contribution in [1.29, 1.82) is 0 Å². The minimum atomic E-state index is -4.33. The van der Waals surface area contributed by atoms with Gasteiger partial charge in [0.2, 0.25) is 0 Å². The molecule has 25 heavy (non-hydrogen) atoms. The third kappa shape index (κ3) is 2.59. The molecular weight excluding hydrogens is 349 g/mol. The molecule has 6 heteroatoms. The highest BCUT2D eigenvalue weighted by Gasteiger charge is 2.31. The molecular formula is C19H14ClF3N2. The lowest BCUT2D eigenvalue weighted by Crippen LogP contribution is -2.31. The van der Waals surface area contributed by atoms with Crippen LogP contribution in [0.2, 0.25) is 0 Å². The van der Waals surface area contributed by atoms with Crippen molar-refractivity contribution >= 4 is 33.6 Å². The molecule has 0 saturated carbocycles. The summed E-state index contributed by atoms with van der Waals surface area (Å²) in [5.74, 6) is 0. The fourth-order valence-corrected chi connectivity index (χ4v) is 3.65. The number of alkyl halides is 3. The molecule has 0 bridgehead atoms. The van der Waals surface area contributed by atoms with Crippen LogP contribution in [-0.4, -0.2) is 0 Å². The lowest BCUT2D eigenvalue weighted by atomic mass is 9.98. The standard InChI is InChI=1S/C19H14ClF3N2/c1-10-16-15(7-6-14-17(16)13(20)8-9-24-14)25-18(10)11-2-4-12(5-3-11)19(21,22)23/h2-9,18,24-25H,1H3. The summed E-state index contributed by atoms with van der Waals surface area (Å²) in [5.41, 5.74) is 3.01. The second-order valence-corrected chi connectivity index (χ2v) is 6.52. The third-order valence-corrected chi connectivity index (χ3v) is 4.93. The zero-order valence-corrected chi connectivity index (χ0v) is 14.0. The van der Waals surface area contributed by atoms with Crippen LogP contribution in [0, 0.1) is 0 Å². The van der Waals surface area contributed by atoms with Crippen molar-refractivity contribution in [2.45, 2.75) is 19.1 Å². The van der Waals surface area contributed by atoms with Crippen LogP contribution >= 0.6 is 11.6 Å². The predicted molar refractivity (Wildman–Crippen MR) is 94.6 cm³/mol. The van der Waals surface area contributed by atoms with E-state index in [1.807, 2.05) is 19.1 Å². The highest BCUT2D eigenvalue weighted by molar-refractivity contribution is 6.47. The van der Waals surface area contributed by atoms with Crippen molar-refractivity contribution in [2.75, 3.05) is 10.6 Å². The first kappa shape index (κ1) is 16.1. The van der Waals surface area contributed by atoms with Gasteiger partial charge in [-0.25, -0.2) is 0 Å². The SMILES string of the molecule is CC1=c2c(ccc3c2=C(Cl)C=CN3)NC1c1ccc(C(F)(F)F)cc1. The normalized spacial score (nSPS) is 18.5. The van der Waals surface area contributed by atoms with Crippen molar-refractivity contribution in [3.63, 3.8) is 0 Å². The fraction of sp³-hybridized carbons (Fsp3) is 0.158. The van der Waals surface area contributed by atoms with Crippen LogP contribution in [0.3, 0.4) is 0 Å². The number of allylic oxidation sites excluding steroid dienone is 1. The molecule has 0 fully saturated rings. The quantitative estimate of drug-likeness (QED) is 0.789.